The van der Waals surface area contributed by atoms with Gasteiger partial charge in [0, 0.05) is 56.1 Å². The van der Waals surface area contributed by atoms with Gasteiger partial charge >= 0.3 is 0 Å². The minimum absolute atomic E-state index is 0. The molecule has 2 aromatic rings. The third kappa shape index (κ3) is 4.99. The van der Waals surface area contributed by atoms with Crippen LogP contribution in [0.4, 0.5) is 0 Å². The molecule has 2 fully saturated rings. The Morgan fingerprint density at radius 1 is 1.34 bits per heavy atom. The lowest BCUT2D eigenvalue weighted by Gasteiger charge is -2.40. The van der Waals surface area contributed by atoms with E-state index in [4.69, 9.17) is 4.99 Å². The van der Waals surface area contributed by atoms with Gasteiger partial charge in [-0.05, 0) is 37.8 Å². The number of carbonyl (C=O) groups is 1. The minimum Gasteiger partial charge on any atom is -0.357 e. The van der Waals surface area contributed by atoms with Crippen molar-refractivity contribution in [2.75, 3.05) is 32.7 Å². The summed E-state index contributed by atoms with van der Waals surface area (Å²) in [7, 11) is 0. The minimum atomic E-state index is 0. The highest BCUT2D eigenvalue weighted by Crippen LogP contribution is 2.36. The molecule has 2 N–H and O–H groups in total. The number of aromatic nitrogens is 1. The number of hydrogen-bond donors (Lipinski definition) is 2. The van der Waals surface area contributed by atoms with E-state index in [1.807, 2.05) is 12.3 Å². The molecule has 0 saturated carbocycles. The molecule has 0 bridgehead atoms. The molecule has 1 spiro atoms. The molecule has 2 aliphatic heterocycles. The van der Waals surface area contributed by atoms with E-state index < -0.39 is 0 Å². The van der Waals surface area contributed by atoms with Gasteiger partial charge in [-0.15, -0.1) is 24.0 Å². The van der Waals surface area contributed by atoms with Crippen molar-refractivity contribution >= 4 is 46.7 Å². The molecule has 7 heteroatoms. The van der Waals surface area contributed by atoms with Crippen molar-refractivity contribution in [1.29, 1.82) is 0 Å². The second-order valence-corrected chi connectivity index (χ2v) is 7.96. The molecule has 156 valence electrons. The molecule has 29 heavy (non-hydrogen) atoms. The topological polar surface area (TPSA) is 69.6 Å². The van der Waals surface area contributed by atoms with Gasteiger partial charge in [-0.3, -0.25) is 14.8 Å². The van der Waals surface area contributed by atoms with Gasteiger partial charge in [-0.25, -0.2) is 0 Å². The van der Waals surface area contributed by atoms with Crippen LogP contribution in [0.3, 0.4) is 0 Å². The van der Waals surface area contributed by atoms with E-state index >= 15 is 0 Å². The second kappa shape index (κ2) is 9.73. The van der Waals surface area contributed by atoms with Crippen molar-refractivity contribution in [3.8, 4) is 0 Å². The number of nitrogens with zero attached hydrogens (tertiary/aromatic N) is 3. The Hall–Kier alpha value is -1.90. The van der Waals surface area contributed by atoms with Gasteiger partial charge in [0.05, 0.1) is 5.52 Å². The van der Waals surface area contributed by atoms with Crippen LogP contribution in [0.5, 0.6) is 0 Å². The zero-order chi connectivity index (χ0) is 19.4. The fraction of sp³-hybridized carbons (Fsp3) is 0.500. The first kappa shape index (κ1) is 21.8. The van der Waals surface area contributed by atoms with E-state index in [1.54, 1.807) is 0 Å². The van der Waals surface area contributed by atoms with Crippen molar-refractivity contribution in [1.82, 2.24) is 20.5 Å². The lowest BCUT2D eigenvalue weighted by molar-refractivity contribution is -0.119. The first-order valence-corrected chi connectivity index (χ1v) is 10.3. The Labute approximate surface area is 189 Å². The average Bonchev–Trinajstić information content (AvgIpc) is 3.07. The maximum atomic E-state index is 11.8. The number of amides is 1. The Balaban J connectivity index is 0.00000240. The van der Waals surface area contributed by atoms with Gasteiger partial charge < -0.3 is 15.5 Å². The predicted octanol–water partition coefficient (Wildman–Crippen LogP) is 2.96. The molecule has 2 saturated heterocycles. The number of likely N-dealkylation sites (tertiary alicyclic amines) is 1. The summed E-state index contributed by atoms with van der Waals surface area (Å²) in [6.07, 6.45) is 5.58. The summed E-state index contributed by atoms with van der Waals surface area (Å²) in [4.78, 5) is 23.6. The summed E-state index contributed by atoms with van der Waals surface area (Å²) < 4.78 is 0. The second-order valence-electron chi connectivity index (χ2n) is 7.96. The molecular formula is C22H30IN5O. The molecule has 1 atom stereocenters. The van der Waals surface area contributed by atoms with Crippen LogP contribution in [0.1, 0.15) is 31.7 Å². The number of aliphatic imine (C=N–C) groups is 1. The van der Waals surface area contributed by atoms with Gasteiger partial charge in [-0.1, -0.05) is 24.3 Å². The van der Waals surface area contributed by atoms with E-state index in [9.17, 15) is 4.79 Å². The Morgan fingerprint density at radius 3 is 3.00 bits per heavy atom. The molecule has 0 radical (unpaired) electrons. The number of halogens is 1. The van der Waals surface area contributed by atoms with Crippen LogP contribution in [-0.2, 0) is 11.2 Å². The van der Waals surface area contributed by atoms with Crippen LogP contribution in [0, 0.1) is 5.41 Å². The third-order valence-electron chi connectivity index (χ3n) is 5.85. The summed E-state index contributed by atoms with van der Waals surface area (Å²) in [6.45, 7) is 6.35. The highest BCUT2D eigenvalue weighted by atomic mass is 127. The van der Waals surface area contributed by atoms with Crippen molar-refractivity contribution in [3.63, 3.8) is 0 Å². The van der Waals surface area contributed by atoms with Gasteiger partial charge in [0.2, 0.25) is 5.91 Å². The maximum absolute atomic E-state index is 11.8. The highest BCUT2D eigenvalue weighted by Gasteiger charge is 2.42. The van der Waals surface area contributed by atoms with Crippen molar-refractivity contribution in [2.24, 2.45) is 10.4 Å². The van der Waals surface area contributed by atoms with Crippen LogP contribution in [0.25, 0.3) is 10.9 Å². The van der Waals surface area contributed by atoms with Crippen LogP contribution in [0.2, 0.25) is 0 Å². The molecule has 4 rings (SSSR count). The van der Waals surface area contributed by atoms with Gasteiger partial charge in [0.25, 0.3) is 0 Å². The molecule has 1 aromatic carbocycles. The largest absolute Gasteiger partial charge is 0.357 e. The van der Waals surface area contributed by atoms with E-state index in [1.165, 1.54) is 10.9 Å². The molecule has 1 unspecified atom stereocenters. The van der Waals surface area contributed by atoms with Gasteiger partial charge in [-0.2, -0.15) is 0 Å². The van der Waals surface area contributed by atoms with E-state index in [-0.39, 0.29) is 35.3 Å². The first-order valence-electron chi connectivity index (χ1n) is 10.3. The van der Waals surface area contributed by atoms with E-state index in [0.717, 1.165) is 63.5 Å². The average molecular weight is 507 g/mol. The molecule has 3 heterocycles. The monoisotopic (exact) mass is 507 g/mol. The SMILES string of the molecule is CCNC(=NCCc1cccc2cccnc12)N1CCCC2(CNC(=O)C2)C1.I. The van der Waals surface area contributed by atoms with E-state index in [2.05, 4.69) is 51.7 Å². The summed E-state index contributed by atoms with van der Waals surface area (Å²) in [5.74, 6) is 1.15. The number of hydrogen-bond acceptors (Lipinski definition) is 3. The van der Waals surface area contributed by atoms with Crippen molar-refractivity contribution < 1.29 is 4.79 Å². The van der Waals surface area contributed by atoms with Gasteiger partial charge in [0.15, 0.2) is 5.96 Å². The fourth-order valence-electron chi connectivity index (χ4n) is 4.51. The predicted molar refractivity (Wildman–Crippen MR) is 128 cm³/mol. The van der Waals surface area contributed by atoms with E-state index in [0.29, 0.717) is 6.42 Å². The Morgan fingerprint density at radius 2 is 2.21 bits per heavy atom. The van der Waals surface area contributed by atoms with Crippen LogP contribution in [-0.4, -0.2) is 54.5 Å². The van der Waals surface area contributed by atoms with Crippen molar-refractivity contribution in [2.45, 2.75) is 32.6 Å². The number of para-hydroxylation sites is 1. The first-order chi connectivity index (χ1) is 13.7. The Bertz CT molecular complexity index is 881. The number of fused-ring (bicyclic) bond motifs is 1. The number of piperidine rings is 1. The molecule has 0 aliphatic carbocycles. The molecule has 2 aliphatic rings. The van der Waals surface area contributed by atoms with Crippen LogP contribution in [0.15, 0.2) is 41.5 Å². The van der Waals surface area contributed by atoms with Gasteiger partial charge in [0.1, 0.15) is 0 Å². The zero-order valence-corrected chi connectivity index (χ0v) is 19.3. The number of pyridine rings is 1. The lowest BCUT2D eigenvalue weighted by Crippen LogP contribution is -2.51. The molecule has 1 aromatic heterocycles. The fourth-order valence-corrected chi connectivity index (χ4v) is 4.51. The molecular weight excluding hydrogens is 477 g/mol. The van der Waals surface area contributed by atoms with Crippen molar-refractivity contribution in [3.05, 3.63) is 42.1 Å². The quantitative estimate of drug-likeness (QED) is 0.380. The summed E-state index contributed by atoms with van der Waals surface area (Å²) in [6, 6.07) is 10.4. The third-order valence-corrected chi connectivity index (χ3v) is 5.85. The number of nitrogens with one attached hydrogen (secondary N) is 2. The summed E-state index contributed by atoms with van der Waals surface area (Å²) in [5, 5.41) is 7.64. The number of rotatable bonds is 4. The highest BCUT2D eigenvalue weighted by molar-refractivity contribution is 14.0. The smallest absolute Gasteiger partial charge is 0.220 e. The summed E-state index contributed by atoms with van der Waals surface area (Å²) >= 11 is 0. The molecule has 6 nitrogen and oxygen atoms in total. The standard InChI is InChI=1S/C22H29N5O.HI/c1-2-23-21(27-13-5-10-22(16-27)14-19(28)26-15-22)25-12-9-18-7-3-6-17-8-4-11-24-20(17)18;/h3-4,6-8,11H,2,5,9-10,12-16H2,1H3,(H,23,25)(H,26,28);1H. The Kier molecular flexibility index (Phi) is 7.32. The van der Waals surface area contributed by atoms with Crippen LogP contribution < -0.4 is 10.6 Å². The zero-order valence-electron chi connectivity index (χ0n) is 17.0. The number of guanidine groups is 1. The number of carbonyl (C=O) groups excluding carboxylic acids is 1. The van der Waals surface area contributed by atoms with Crippen LogP contribution >= 0.6 is 24.0 Å². The normalized spacial score (nSPS) is 21.9. The number of benzene rings is 1. The molecule has 1 amide bonds. The lowest BCUT2D eigenvalue weighted by atomic mass is 9.79. The maximum Gasteiger partial charge on any atom is 0.220 e. The summed E-state index contributed by atoms with van der Waals surface area (Å²) in [5.41, 5.74) is 2.38.